The molecule has 0 saturated carbocycles. The average Bonchev–Trinajstić information content (AvgIpc) is 2.26. The molecule has 0 unspecified atom stereocenters. The molecular formula is C14H11BrClFO. The standard InChI is InChI=1S/C14H11BrClFO/c1-9-2-3-14(13(16)4-9)18-8-10-5-11(15)7-12(17)6-10/h2-7H,8H2,1H3. The van der Waals surface area contributed by atoms with Crippen LogP contribution in [0.15, 0.2) is 40.9 Å². The number of benzene rings is 2. The maximum atomic E-state index is 13.2. The van der Waals surface area contributed by atoms with Gasteiger partial charge in [0.1, 0.15) is 18.2 Å². The van der Waals surface area contributed by atoms with Gasteiger partial charge in [-0.3, -0.25) is 0 Å². The number of ether oxygens (including phenoxy) is 1. The van der Waals surface area contributed by atoms with E-state index in [0.29, 0.717) is 15.2 Å². The lowest BCUT2D eigenvalue weighted by Gasteiger charge is -2.09. The highest BCUT2D eigenvalue weighted by Gasteiger charge is 2.04. The maximum absolute atomic E-state index is 13.2. The predicted octanol–water partition coefficient (Wildman–Crippen LogP) is 5.13. The van der Waals surface area contributed by atoms with Crippen molar-refractivity contribution in [2.45, 2.75) is 13.5 Å². The van der Waals surface area contributed by atoms with Crippen LogP contribution in [0, 0.1) is 12.7 Å². The van der Waals surface area contributed by atoms with Crippen LogP contribution in [0.2, 0.25) is 5.02 Å². The smallest absolute Gasteiger partial charge is 0.138 e. The first-order valence-electron chi connectivity index (χ1n) is 5.38. The predicted molar refractivity (Wildman–Crippen MR) is 74.6 cm³/mol. The summed E-state index contributed by atoms with van der Waals surface area (Å²) in [5.74, 6) is 0.306. The Balaban J connectivity index is 2.11. The van der Waals surface area contributed by atoms with E-state index in [4.69, 9.17) is 16.3 Å². The van der Waals surface area contributed by atoms with Crippen molar-refractivity contribution >= 4 is 27.5 Å². The number of hydrogen-bond donors (Lipinski definition) is 0. The fraction of sp³-hybridized carbons (Fsp3) is 0.143. The zero-order valence-electron chi connectivity index (χ0n) is 9.71. The van der Waals surface area contributed by atoms with Crippen LogP contribution < -0.4 is 4.74 Å². The van der Waals surface area contributed by atoms with Gasteiger partial charge in [0.2, 0.25) is 0 Å². The first-order chi connectivity index (χ1) is 8.54. The topological polar surface area (TPSA) is 9.23 Å². The van der Waals surface area contributed by atoms with Crippen molar-refractivity contribution in [3.63, 3.8) is 0 Å². The summed E-state index contributed by atoms with van der Waals surface area (Å²) >= 11 is 9.29. The number of hydrogen-bond acceptors (Lipinski definition) is 1. The largest absolute Gasteiger partial charge is 0.487 e. The summed E-state index contributed by atoms with van der Waals surface area (Å²) in [6.45, 7) is 2.23. The minimum absolute atomic E-state index is 0.277. The molecule has 2 rings (SSSR count). The molecule has 18 heavy (non-hydrogen) atoms. The SMILES string of the molecule is Cc1ccc(OCc2cc(F)cc(Br)c2)c(Cl)c1. The lowest BCUT2D eigenvalue weighted by atomic mass is 10.2. The Labute approximate surface area is 119 Å². The third-order valence-electron chi connectivity index (χ3n) is 2.40. The summed E-state index contributed by atoms with van der Waals surface area (Å²) in [6, 6.07) is 10.2. The Kier molecular flexibility index (Phi) is 4.25. The molecule has 0 radical (unpaired) electrons. The minimum atomic E-state index is -0.294. The van der Waals surface area contributed by atoms with Gasteiger partial charge in [-0.2, -0.15) is 0 Å². The molecule has 0 atom stereocenters. The molecule has 0 bridgehead atoms. The molecule has 1 nitrogen and oxygen atoms in total. The van der Waals surface area contributed by atoms with Crippen molar-refractivity contribution in [2.24, 2.45) is 0 Å². The van der Waals surface area contributed by atoms with Crippen molar-refractivity contribution in [1.29, 1.82) is 0 Å². The van der Waals surface area contributed by atoms with Crippen LogP contribution in [-0.4, -0.2) is 0 Å². The van der Waals surface area contributed by atoms with Gasteiger partial charge < -0.3 is 4.74 Å². The second-order valence-corrected chi connectivity index (χ2v) is 5.32. The number of rotatable bonds is 3. The van der Waals surface area contributed by atoms with Crippen LogP contribution >= 0.6 is 27.5 Å². The van der Waals surface area contributed by atoms with E-state index >= 15 is 0 Å². The molecule has 0 aliphatic rings. The lowest BCUT2D eigenvalue weighted by molar-refractivity contribution is 0.305. The van der Waals surface area contributed by atoms with Crippen molar-refractivity contribution in [3.05, 3.63) is 62.8 Å². The van der Waals surface area contributed by atoms with Gasteiger partial charge in [-0.15, -0.1) is 0 Å². The molecule has 4 heteroatoms. The van der Waals surface area contributed by atoms with Gasteiger partial charge in [0, 0.05) is 4.47 Å². The summed E-state index contributed by atoms with van der Waals surface area (Å²) in [5.41, 5.74) is 1.82. The van der Waals surface area contributed by atoms with Crippen molar-refractivity contribution in [3.8, 4) is 5.75 Å². The zero-order valence-corrected chi connectivity index (χ0v) is 12.1. The molecule has 94 valence electrons. The van der Waals surface area contributed by atoms with E-state index in [2.05, 4.69) is 15.9 Å². The van der Waals surface area contributed by atoms with Gasteiger partial charge in [0.05, 0.1) is 5.02 Å². The molecule has 0 heterocycles. The summed E-state index contributed by atoms with van der Waals surface area (Å²) in [7, 11) is 0. The Bertz CT molecular complexity index is 551. The van der Waals surface area contributed by atoms with Crippen LogP contribution in [0.1, 0.15) is 11.1 Å². The van der Waals surface area contributed by atoms with Crippen LogP contribution in [0.25, 0.3) is 0 Å². The van der Waals surface area contributed by atoms with E-state index in [1.807, 2.05) is 31.2 Å². The monoisotopic (exact) mass is 328 g/mol. The number of halogens is 3. The molecule has 0 spiro atoms. The Morgan fingerprint density at radius 2 is 2.00 bits per heavy atom. The fourth-order valence-corrected chi connectivity index (χ4v) is 2.38. The van der Waals surface area contributed by atoms with Gasteiger partial charge in [-0.05, 0) is 48.4 Å². The normalized spacial score (nSPS) is 10.4. The van der Waals surface area contributed by atoms with E-state index in [0.717, 1.165) is 11.1 Å². The van der Waals surface area contributed by atoms with E-state index < -0.39 is 0 Å². The van der Waals surface area contributed by atoms with Crippen LogP contribution in [0.3, 0.4) is 0 Å². The zero-order chi connectivity index (χ0) is 13.1. The third kappa shape index (κ3) is 3.47. The first-order valence-corrected chi connectivity index (χ1v) is 6.55. The summed E-state index contributed by atoms with van der Waals surface area (Å²) in [5, 5.41) is 0.561. The van der Waals surface area contributed by atoms with E-state index in [-0.39, 0.29) is 12.4 Å². The summed E-state index contributed by atoms with van der Waals surface area (Å²) in [6.07, 6.45) is 0. The molecule has 2 aromatic rings. The minimum Gasteiger partial charge on any atom is -0.487 e. The third-order valence-corrected chi connectivity index (χ3v) is 3.16. The highest BCUT2D eigenvalue weighted by Crippen LogP contribution is 2.26. The van der Waals surface area contributed by atoms with Gasteiger partial charge in [-0.25, -0.2) is 4.39 Å². The fourth-order valence-electron chi connectivity index (χ4n) is 1.58. The molecular weight excluding hydrogens is 319 g/mol. The average molecular weight is 330 g/mol. The Morgan fingerprint density at radius 3 is 2.67 bits per heavy atom. The maximum Gasteiger partial charge on any atom is 0.138 e. The summed E-state index contributed by atoms with van der Waals surface area (Å²) < 4.78 is 19.4. The van der Waals surface area contributed by atoms with Crippen molar-refractivity contribution < 1.29 is 9.13 Å². The second-order valence-electron chi connectivity index (χ2n) is 4.00. The second kappa shape index (κ2) is 5.72. The Morgan fingerprint density at radius 1 is 1.22 bits per heavy atom. The van der Waals surface area contributed by atoms with Crippen LogP contribution in [-0.2, 0) is 6.61 Å². The van der Waals surface area contributed by atoms with Crippen LogP contribution in [0.4, 0.5) is 4.39 Å². The molecule has 2 aromatic carbocycles. The molecule has 0 N–H and O–H groups in total. The molecule has 0 amide bonds. The van der Waals surface area contributed by atoms with Gasteiger partial charge in [0.15, 0.2) is 0 Å². The molecule has 0 aliphatic carbocycles. The number of aryl methyl sites for hydroxylation is 1. The highest BCUT2D eigenvalue weighted by molar-refractivity contribution is 9.10. The van der Waals surface area contributed by atoms with E-state index in [1.165, 1.54) is 12.1 Å². The van der Waals surface area contributed by atoms with Gasteiger partial charge in [0.25, 0.3) is 0 Å². The first kappa shape index (κ1) is 13.4. The quantitative estimate of drug-likeness (QED) is 0.758. The molecule has 0 fully saturated rings. The van der Waals surface area contributed by atoms with E-state index in [9.17, 15) is 4.39 Å². The molecule has 0 aliphatic heterocycles. The van der Waals surface area contributed by atoms with Crippen molar-refractivity contribution in [1.82, 2.24) is 0 Å². The lowest BCUT2D eigenvalue weighted by Crippen LogP contribution is -1.97. The van der Waals surface area contributed by atoms with Crippen molar-refractivity contribution in [2.75, 3.05) is 0 Å². The van der Waals surface area contributed by atoms with E-state index in [1.54, 1.807) is 0 Å². The molecule has 0 saturated heterocycles. The molecule has 0 aromatic heterocycles. The van der Waals surface area contributed by atoms with Gasteiger partial charge >= 0.3 is 0 Å². The highest BCUT2D eigenvalue weighted by atomic mass is 79.9. The Hall–Kier alpha value is -1.06. The van der Waals surface area contributed by atoms with Gasteiger partial charge in [-0.1, -0.05) is 33.6 Å². The summed E-state index contributed by atoms with van der Waals surface area (Å²) in [4.78, 5) is 0. The van der Waals surface area contributed by atoms with Crippen LogP contribution in [0.5, 0.6) is 5.75 Å².